The first-order valence-electron chi connectivity index (χ1n) is 13.3. The number of hydrogen-bond donors (Lipinski definition) is 0. The van der Waals surface area contributed by atoms with Crippen LogP contribution in [-0.2, 0) is 0 Å². The molecule has 3 heterocycles. The van der Waals surface area contributed by atoms with Crippen molar-refractivity contribution >= 4 is 60.9 Å². The molecule has 0 fully saturated rings. The predicted octanol–water partition coefficient (Wildman–Crippen LogP) is 8.28. The number of anilines is 1. The van der Waals surface area contributed by atoms with Crippen molar-refractivity contribution in [3.8, 4) is 0 Å². The minimum atomic E-state index is 0.102. The fourth-order valence-electron chi connectivity index (χ4n) is 6.57. The zero-order chi connectivity index (χ0) is 25.4. The van der Waals surface area contributed by atoms with Crippen LogP contribution in [0, 0.1) is 6.92 Å². The monoisotopic (exact) mass is 489 g/mol. The summed E-state index contributed by atoms with van der Waals surface area (Å²) in [6.07, 6.45) is 2.46. The Balaban J connectivity index is 1.73. The number of benzene rings is 5. The number of aromatic nitrogens is 2. The maximum absolute atomic E-state index is 2.53. The molecule has 1 atom stereocenters. The first-order valence-corrected chi connectivity index (χ1v) is 13.3. The molecule has 0 N–H and O–H groups in total. The SMILES string of the molecule is Cc1ccccc1N1C=c2c3cccc4c5ccccc5n(c5ccccc5c5ccccc5n2[C@@H]1C)c34. The van der Waals surface area contributed by atoms with Crippen molar-refractivity contribution in [2.24, 2.45) is 0 Å². The minimum Gasteiger partial charge on any atom is -0.325 e. The predicted molar refractivity (Wildman–Crippen MR) is 161 cm³/mol. The summed E-state index contributed by atoms with van der Waals surface area (Å²) in [5.41, 5.74) is 7.43. The van der Waals surface area contributed by atoms with Gasteiger partial charge in [-0.25, -0.2) is 0 Å². The van der Waals surface area contributed by atoms with Crippen LogP contribution < -0.4 is 10.2 Å². The molecule has 0 aliphatic carbocycles. The molecule has 0 saturated carbocycles. The second-order valence-electron chi connectivity index (χ2n) is 10.3. The van der Waals surface area contributed by atoms with E-state index in [4.69, 9.17) is 0 Å². The summed E-state index contributed by atoms with van der Waals surface area (Å²) in [5, 5.41) is 7.50. The summed E-state index contributed by atoms with van der Waals surface area (Å²) in [6.45, 7) is 4.51. The topological polar surface area (TPSA) is 12.6 Å². The summed E-state index contributed by atoms with van der Waals surface area (Å²) in [6, 6.07) is 42.0. The average Bonchev–Trinajstić information content (AvgIpc) is 3.49. The van der Waals surface area contributed by atoms with Gasteiger partial charge in [-0.1, -0.05) is 91.0 Å². The van der Waals surface area contributed by atoms with Gasteiger partial charge in [0.1, 0.15) is 6.17 Å². The molecule has 0 saturated heterocycles. The number of aryl methyl sites for hydroxylation is 1. The fourth-order valence-corrected chi connectivity index (χ4v) is 6.57. The highest BCUT2D eigenvalue weighted by Crippen LogP contribution is 2.36. The minimum absolute atomic E-state index is 0.102. The first-order chi connectivity index (χ1) is 18.7. The third kappa shape index (κ3) is 2.79. The molecule has 3 heteroatoms. The number of nitrogens with zero attached hydrogens (tertiary/aromatic N) is 3. The Kier molecular flexibility index (Phi) is 4.42. The Morgan fingerprint density at radius 2 is 1.05 bits per heavy atom. The third-order valence-corrected chi connectivity index (χ3v) is 8.26. The molecule has 38 heavy (non-hydrogen) atoms. The molecule has 2 aromatic heterocycles. The second-order valence-corrected chi connectivity index (χ2v) is 10.3. The van der Waals surface area contributed by atoms with Gasteiger partial charge in [0.25, 0.3) is 0 Å². The van der Waals surface area contributed by atoms with E-state index in [1.54, 1.807) is 0 Å². The Morgan fingerprint density at radius 1 is 0.526 bits per heavy atom. The maximum Gasteiger partial charge on any atom is 0.108 e. The van der Waals surface area contributed by atoms with E-state index < -0.39 is 0 Å². The van der Waals surface area contributed by atoms with Gasteiger partial charge < -0.3 is 13.9 Å². The lowest BCUT2D eigenvalue weighted by Crippen LogP contribution is -2.23. The van der Waals surface area contributed by atoms with E-state index in [0.717, 1.165) is 0 Å². The Hall–Kier alpha value is -4.76. The summed E-state index contributed by atoms with van der Waals surface area (Å²) < 4.78 is 5.01. The highest BCUT2D eigenvalue weighted by Gasteiger charge is 2.24. The Bertz CT molecular complexity index is 2180. The summed E-state index contributed by atoms with van der Waals surface area (Å²) in [5.74, 6) is 0. The van der Waals surface area contributed by atoms with Crippen LogP contribution in [0.4, 0.5) is 5.69 Å². The van der Waals surface area contributed by atoms with E-state index in [-0.39, 0.29) is 6.17 Å². The Labute approximate surface area is 220 Å². The third-order valence-electron chi connectivity index (χ3n) is 8.26. The molecular formula is C35H27N3. The highest BCUT2D eigenvalue weighted by molar-refractivity contribution is 6.16. The van der Waals surface area contributed by atoms with Crippen LogP contribution in [0.15, 0.2) is 115 Å². The number of para-hydroxylation sites is 5. The van der Waals surface area contributed by atoms with Crippen LogP contribution in [0.5, 0.6) is 0 Å². The first kappa shape index (κ1) is 21.3. The van der Waals surface area contributed by atoms with Crippen molar-refractivity contribution < 1.29 is 0 Å². The average molecular weight is 490 g/mol. The van der Waals surface area contributed by atoms with Crippen LogP contribution in [0.2, 0.25) is 0 Å². The molecule has 8 rings (SSSR count). The van der Waals surface area contributed by atoms with Crippen molar-refractivity contribution in [1.29, 1.82) is 0 Å². The number of fused-ring (bicyclic) bond motifs is 10. The van der Waals surface area contributed by atoms with E-state index in [2.05, 4.69) is 149 Å². The lowest BCUT2D eigenvalue weighted by molar-refractivity contribution is 0.597. The van der Waals surface area contributed by atoms with Crippen molar-refractivity contribution in [3.05, 3.63) is 126 Å². The van der Waals surface area contributed by atoms with Crippen molar-refractivity contribution in [1.82, 2.24) is 8.97 Å². The van der Waals surface area contributed by atoms with Gasteiger partial charge in [-0.05, 0) is 43.7 Å². The molecule has 0 unspecified atom stereocenters. The number of hydrogen-bond acceptors (Lipinski definition) is 1. The quantitative estimate of drug-likeness (QED) is 0.226. The number of rotatable bonds is 1. The molecule has 0 spiro atoms. The van der Waals surface area contributed by atoms with E-state index in [0.29, 0.717) is 0 Å². The van der Waals surface area contributed by atoms with Crippen LogP contribution in [0.3, 0.4) is 0 Å². The molecule has 5 aromatic carbocycles. The van der Waals surface area contributed by atoms with Gasteiger partial charge >= 0.3 is 0 Å². The van der Waals surface area contributed by atoms with Crippen LogP contribution in [0.25, 0.3) is 55.2 Å². The zero-order valence-corrected chi connectivity index (χ0v) is 21.5. The largest absolute Gasteiger partial charge is 0.325 e. The summed E-state index contributed by atoms with van der Waals surface area (Å²) >= 11 is 0. The normalized spacial score (nSPS) is 15.0. The summed E-state index contributed by atoms with van der Waals surface area (Å²) in [4.78, 5) is 2.43. The van der Waals surface area contributed by atoms with Crippen molar-refractivity contribution in [2.45, 2.75) is 20.0 Å². The maximum atomic E-state index is 2.53. The molecule has 0 radical (unpaired) electrons. The Morgan fingerprint density at radius 3 is 1.76 bits per heavy atom. The van der Waals surface area contributed by atoms with Gasteiger partial charge in [-0.3, -0.25) is 0 Å². The van der Waals surface area contributed by atoms with Gasteiger partial charge in [0.2, 0.25) is 0 Å². The van der Waals surface area contributed by atoms with Gasteiger partial charge in [-0.2, -0.15) is 0 Å². The van der Waals surface area contributed by atoms with Crippen LogP contribution in [-0.4, -0.2) is 8.97 Å². The van der Waals surface area contributed by atoms with Crippen LogP contribution >= 0.6 is 0 Å². The molecule has 0 amide bonds. The van der Waals surface area contributed by atoms with Crippen molar-refractivity contribution in [2.75, 3.05) is 4.90 Å². The molecule has 1 aliphatic rings. The lowest BCUT2D eigenvalue weighted by atomic mass is 10.1. The zero-order valence-electron chi connectivity index (χ0n) is 21.5. The fraction of sp³-hybridized carbons (Fsp3) is 0.0857. The van der Waals surface area contributed by atoms with Crippen molar-refractivity contribution in [3.63, 3.8) is 0 Å². The lowest BCUT2D eigenvalue weighted by Gasteiger charge is -2.26. The molecular weight excluding hydrogens is 462 g/mol. The standard InChI is InChI=1S/C35H27N3/c1-23-12-3-7-18-30(23)36-22-34-29-17-11-16-28-27-15-6-10-21-33(27)38(35(28)29)32-20-9-5-14-26(32)25-13-4-8-19-31(25)37(34)24(36)2/h3-22,24H,1-2H3/t24-/m1/s1. The molecule has 1 aliphatic heterocycles. The molecule has 0 bridgehead atoms. The van der Waals surface area contributed by atoms with E-state index in [1.165, 1.54) is 65.6 Å². The molecule has 182 valence electrons. The summed E-state index contributed by atoms with van der Waals surface area (Å²) in [7, 11) is 0. The van der Waals surface area contributed by atoms with Gasteiger partial charge in [0.05, 0.1) is 27.4 Å². The van der Waals surface area contributed by atoms with E-state index in [9.17, 15) is 0 Å². The molecule has 7 aromatic rings. The smallest absolute Gasteiger partial charge is 0.108 e. The highest BCUT2D eigenvalue weighted by atomic mass is 15.3. The van der Waals surface area contributed by atoms with Gasteiger partial charge in [0.15, 0.2) is 0 Å². The van der Waals surface area contributed by atoms with E-state index in [1.807, 2.05) is 0 Å². The molecule has 3 nitrogen and oxygen atoms in total. The van der Waals surface area contributed by atoms with Crippen LogP contribution in [0.1, 0.15) is 18.7 Å². The second kappa shape index (κ2) is 7.87. The van der Waals surface area contributed by atoms with Gasteiger partial charge in [-0.15, -0.1) is 0 Å². The van der Waals surface area contributed by atoms with E-state index >= 15 is 0 Å². The van der Waals surface area contributed by atoms with Gasteiger partial charge in [0, 0.05) is 38.8 Å².